The van der Waals surface area contributed by atoms with Crippen molar-refractivity contribution in [2.24, 2.45) is 0 Å². The van der Waals surface area contributed by atoms with E-state index in [4.69, 9.17) is 17.0 Å². The number of ether oxygens (including phenoxy) is 1. The summed E-state index contributed by atoms with van der Waals surface area (Å²) in [6.45, 7) is 4.71. The van der Waals surface area contributed by atoms with Gasteiger partial charge in [-0.25, -0.2) is 0 Å². The molecule has 1 aliphatic heterocycles. The summed E-state index contributed by atoms with van der Waals surface area (Å²) in [5, 5.41) is 7.09. The fraction of sp³-hybridized carbons (Fsp3) is 0.281. The van der Waals surface area contributed by atoms with E-state index in [1.54, 1.807) is 13.3 Å². The molecule has 41 heavy (non-hydrogen) atoms. The average molecular weight is 569 g/mol. The highest BCUT2D eigenvalue weighted by atomic mass is 32.1. The lowest BCUT2D eigenvalue weighted by molar-refractivity contribution is -0.116. The molecule has 2 aromatic heterocycles. The van der Waals surface area contributed by atoms with Gasteiger partial charge >= 0.3 is 0 Å². The van der Waals surface area contributed by atoms with Crippen molar-refractivity contribution in [3.63, 3.8) is 0 Å². The molecule has 3 heterocycles. The van der Waals surface area contributed by atoms with Crippen LogP contribution in [0.1, 0.15) is 41.1 Å². The molecule has 1 amide bonds. The number of nitrogens with one attached hydrogen (secondary N) is 2. The van der Waals surface area contributed by atoms with E-state index in [1.165, 1.54) is 0 Å². The molecule has 1 fully saturated rings. The molecule has 2 N–H and O–H groups in total. The van der Waals surface area contributed by atoms with Crippen molar-refractivity contribution >= 4 is 34.6 Å². The largest absolute Gasteiger partial charge is 0.495 e. The highest BCUT2D eigenvalue weighted by Gasteiger charge is 2.41. The summed E-state index contributed by atoms with van der Waals surface area (Å²) in [7, 11) is 5.67. The van der Waals surface area contributed by atoms with Crippen molar-refractivity contribution in [1.82, 2.24) is 19.8 Å². The molecule has 5 rings (SSSR count). The maximum atomic E-state index is 13.0. The Labute approximate surface area is 247 Å². The lowest BCUT2D eigenvalue weighted by Gasteiger charge is -2.28. The summed E-state index contributed by atoms with van der Waals surface area (Å²) in [6, 6.07) is 23.8. The van der Waals surface area contributed by atoms with Crippen LogP contribution in [-0.4, -0.2) is 53.2 Å². The van der Waals surface area contributed by atoms with Gasteiger partial charge in [-0.1, -0.05) is 18.2 Å². The zero-order valence-corrected chi connectivity index (χ0v) is 24.9. The van der Waals surface area contributed by atoms with Crippen LogP contribution in [0.25, 0.3) is 5.69 Å². The Hall–Kier alpha value is -4.37. The number of anilines is 2. The van der Waals surface area contributed by atoms with Crippen molar-refractivity contribution in [2.45, 2.75) is 32.4 Å². The first kappa shape index (κ1) is 28.2. The first-order valence-corrected chi connectivity index (χ1v) is 14.1. The van der Waals surface area contributed by atoms with Gasteiger partial charge in [0.05, 0.1) is 30.6 Å². The number of carbonyl (C=O) groups is 1. The number of thiocarbonyl (C=S) groups is 1. The van der Waals surface area contributed by atoms with E-state index < -0.39 is 0 Å². The molecule has 1 aliphatic rings. The minimum Gasteiger partial charge on any atom is -0.495 e. The molecular weight excluding hydrogens is 532 g/mol. The van der Waals surface area contributed by atoms with Gasteiger partial charge in [0, 0.05) is 56.0 Å². The van der Waals surface area contributed by atoms with E-state index in [9.17, 15) is 4.79 Å². The monoisotopic (exact) mass is 568 g/mol. The second-order valence-electron chi connectivity index (χ2n) is 10.4. The topological polar surface area (TPSA) is 74.7 Å². The third kappa shape index (κ3) is 5.76. The maximum absolute atomic E-state index is 13.0. The zero-order valence-electron chi connectivity index (χ0n) is 24.1. The molecule has 9 heteroatoms. The van der Waals surface area contributed by atoms with Crippen molar-refractivity contribution in [2.75, 3.05) is 38.0 Å². The van der Waals surface area contributed by atoms with Crippen LogP contribution in [0.2, 0.25) is 0 Å². The normalized spacial score (nSPS) is 16.4. The summed E-state index contributed by atoms with van der Waals surface area (Å²) >= 11 is 5.85. The first-order chi connectivity index (χ1) is 19.8. The molecular formula is C32H36N6O2S. The Morgan fingerprint density at radius 3 is 2.49 bits per heavy atom. The third-order valence-corrected chi connectivity index (χ3v) is 7.92. The number of aryl methyl sites for hydroxylation is 1. The smallest absolute Gasteiger partial charge is 0.226 e. The number of nitrogens with zero attached hydrogens (tertiary/aromatic N) is 4. The second kappa shape index (κ2) is 12.0. The molecule has 2 atom stereocenters. The summed E-state index contributed by atoms with van der Waals surface area (Å²) in [5.74, 6) is 0.516. The molecule has 0 bridgehead atoms. The number of benzene rings is 2. The van der Waals surface area contributed by atoms with Crippen LogP contribution in [0.5, 0.6) is 5.75 Å². The molecule has 1 saturated heterocycles. The van der Waals surface area contributed by atoms with E-state index >= 15 is 0 Å². The molecule has 0 spiro atoms. The lowest BCUT2D eigenvalue weighted by Crippen LogP contribution is -2.33. The van der Waals surface area contributed by atoms with E-state index in [0.29, 0.717) is 23.1 Å². The van der Waals surface area contributed by atoms with Gasteiger partial charge in [-0.05, 0) is 86.2 Å². The van der Waals surface area contributed by atoms with Crippen LogP contribution >= 0.6 is 12.2 Å². The minimum atomic E-state index is -0.161. The standard InChI is InChI=1S/C32H36N6O2S/c1-21-20-25(22(2)38(21)24-15-13-23(14-16-24)36(3)4)31-30(27-11-8-9-18-33-27)35-32(41)37(31)19-17-29(39)34-26-10-6-7-12-28(26)40-5/h6-16,18,20,30-31H,17,19H2,1-5H3,(H,34,39)(H,35,41). The van der Waals surface area contributed by atoms with Gasteiger partial charge in [-0.2, -0.15) is 0 Å². The van der Waals surface area contributed by atoms with Crippen LogP contribution in [0.3, 0.4) is 0 Å². The zero-order chi connectivity index (χ0) is 29.1. The fourth-order valence-electron chi connectivity index (χ4n) is 5.55. The number of para-hydroxylation sites is 2. The number of aromatic nitrogens is 2. The number of amides is 1. The molecule has 4 aromatic rings. The number of methoxy groups -OCH3 is 1. The molecule has 8 nitrogen and oxygen atoms in total. The summed E-state index contributed by atoms with van der Waals surface area (Å²) in [4.78, 5) is 21.9. The van der Waals surface area contributed by atoms with Gasteiger partial charge in [0.2, 0.25) is 5.91 Å². The van der Waals surface area contributed by atoms with Gasteiger partial charge in [0.1, 0.15) is 5.75 Å². The van der Waals surface area contributed by atoms with Gasteiger partial charge < -0.3 is 29.7 Å². The van der Waals surface area contributed by atoms with Crippen LogP contribution in [0.4, 0.5) is 11.4 Å². The van der Waals surface area contributed by atoms with E-state index in [0.717, 1.165) is 34.0 Å². The maximum Gasteiger partial charge on any atom is 0.226 e. The predicted octanol–water partition coefficient (Wildman–Crippen LogP) is 5.57. The number of rotatable bonds is 9. The van der Waals surface area contributed by atoms with Crippen molar-refractivity contribution in [1.29, 1.82) is 0 Å². The summed E-state index contributed by atoms with van der Waals surface area (Å²) < 4.78 is 7.67. The van der Waals surface area contributed by atoms with Crippen LogP contribution in [-0.2, 0) is 4.79 Å². The number of hydrogen-bond donors (Lipinski definition) is 2. The van der Waals surface area contributed by atoms with E-state index in [2.05, 4.69) is 74.2 Å². The quantitative estimate of drug-likeness (QED) is 0.256. The van der Waals surface area contributed by atoms with E-state index in [-0.39, 0.29) is 24.4 Å². The Morgan fingerprint density at radius 2 is 1.80 bits per heavy atom. The molecule has 0 radical (unpaired) electrons. The van der Waals surface area contributed by atoms with Gasteiger partial charge in [0.15, 0.2) is 5.11 Å². The Kier molecular flexibility index (Phi) is 8.26. The second-order valence-corrected chi connectivity index (χ2v) is 10.8. The number of pyridine rings is 1. The molecule has 0 saturated carbocycles. The molecule has 212 valence electrons. The predicted molar refractivity (Wildman–Crippen MR) is 168 cm³/mol. The highest BCUT2D eigenvalue weighted by Crippen LogP contribution is 2.41. The van der Waals surface area contributed by atoms with Crippen molar-refractivity contribution in [3.8, 4) is 11.4 Å². The van der Waals surface area contributed by atoms with Crippen molar-refractivity contribution in [3.05, 3.63) is 102 Å². The minimum absolute atomic E-state index is 0.108. The average Bonchev–Trinajstić information content (AvgIpc) is 3.46. The first-order valence-electron chi connectivity index (χ1n) is 13.7. The SMILES string of the molecule is COc1ccccc1NC(=O)CCN1C(=S)NC(c2ccccn2)C1c1cc(C)n(-c2ccc(N(C)C)cc2)c1C. The number of hydrogen-bond acceptors (Lipinski definition) is 5. The Bertz CT molecular complexity index is 1530. The van der Waals surface area contributed by atoms with Crippen LogP contribution in [0.15, 0.2) is 79.0 Å². The van der Waals surface area contributed by atoms with Gasteiger partial charge in [-0.15, -0.1) is 0 Å². The van der Waals surface area contributed by atoms with Gasteiger partial charge in [-0.3, -0.25) is 9.78 Å². The highest BCUT2D eigenvalue weighted by molar-refractivity contribution is 7.80. The lowest BCUT2D eigenvalue weighted by atomic mass is 9.96. The number of carbonyl (C=O) groups excluding carboxylic acids is 1. The summed E-state index contributed by atoms with van der Waals surface area (Å²) in [5.41, 5.74) is 7.20. The van der Waals surface area contributed by atoms with Gasteiger partial charge in [0.25, 0.3) is 0 Å². The summed E-state index contributed by atoms with van der Waals surface area (Å²) in [6.07, 6.45) is 2.06. The van der Waals surface area contributed by atoms with E-state index in [1.807, 2.05) is 56.6 Å². The third-order valence-electron chi connectivity index (χ3n) is 7.57. The molecule has 2 aromatic carbocycles. The molecule has 2 unspecified atom stereocenters. The van der Waals surface area contributed by atoms with Crippen LogP contribution in [0, 0.1) is 13.8 Å². The molecule has 0 aliphatic carbocycles. The fourth-order valence-corrected chi connectivity index (χ4v) is 5.88. The Morgan fingerprint density at radius 1 is 1.07 bits per heavy atom. The Balaban J connectivity index is 1.46. The van der Waals surface area contributed by atoms with Crippen LogP contribution < -0.4 is 20.3 Å². The van der Waals surface area contributed by atoms with Crippen molar-refractivity contribution < 1.29 is 9.53 Å².